The monoisotopic (exact) mass is 214 g/mol. The molecule has 0 aromatic heterocycles. The summed E-state index contributed by atoms with van der Waals surface area (Å²) in [5, 5.41) is -3.21. The Labute approximate surface area is 75.1 Å². The van der Waals surface area contributed by atoms with Crippen LogP contribution < -0.4 is 0 Å². The van der Waals surface area contributed by atoms with Crippen LogP contribution in [0.4, 0.5) is 4.39 Å². The van der Waals surface area contributed by atoms with Crippen LogP contribution in [0.15, 0.2) is 0 Å². The van der Waals surface area contributed by atoms with E-state index in [2.05, 4.69) is 4.74 Å². The van der Waals surface area contributed by atoms with Crippen LogP contribution in [0.3, 0.4) is 0 Å². The molecule has 0 saturated heterocycles. The van der Waals surface area contributed by atoms with Crippen molar-refractivity contribution in [3.63, 3.8) is 0 Å². The summed E-state index contributed by atoms with van der Waals surface area (Å²) in [7, 11) is -5.11. The van der Waals surface area contributed by atoms with E-state index in [1.54, 1.807) is 0 Å². The van der Waals surface area contributed by atoms with E-state index in [-0.39, 0.29) is 6.61 Å². The topological polar surface area (TPSA) is 83.8 Å². The largest absolute Gasteiger partial charge is 0.463 e. The van der Waals surface area contributed by atoms with Gasteiger partial charge in [-0.1, -0.05) is 6.92 Å². The van der Waals surface area contributed by atoms with E-state index in [0.29, 0.717) is 0 Å². The van der Waals surface area contributed by atoms with Gasteiger partial charge in [0.2, 0.25) is 0 Å². The van der Waals surface area contributed by atoms with E-state index < -0.39 is 25.4 Å². The summed E-state index contributed by atoms with van der Waals surface area (Å²) in [6, 6.07) is 0. The molecule has 13 heavy (non-hydrogen) atoms. The van der Waals surface area contributed by atoms with E-state index in [4.69, 9.17) is 9.79 Å². The second-order valence-corrected chi connectivity index (χ2v) is 4.17. The molecule has 0 bridgehead atoms. The van der Waals surface area contributed by atoms with Crippen molar-refractivity contribution < 1.29 is 28.3 Å². The molecule has 2 N–H and O–H groups in total. The van der Waals surface area contributed by atoms with Crippen molar-refractivity contribution in [2.24, 2.45) is 0 Å². The Morgan fingerprint density at radius 2 is 2.00 bits per heavy atom. The van der Waals surface area contributed by atoms with Crippen LogP contribution in [0, 0.1) is 0 Å². The molecule has 1 atom stereocenters. The molecule has 0 aromatic rings. The van der Waals surface area contributed by atoms with E-state index >= 15 is 0 Å². The van der Waals surface area contributed by atoms with Crippen LogP contribution in [0.2, 0.25) is 0 Å². The van der Waals surface area contributed by atoms with Crippen LogP contribution in [-0.4, -0.2) is 27.8 Å². The van der Waals surface area contributed by atoms with Crippen LogP contribution in [0.1, 0.15) is 20.3 Å². The van der Waals surface area contributed by atoms with Crippen LogP contribution >= 0.6 is 7.60 Å². The minimum atomic E-state index is -5.11. The maximum atomic E-state index is 13.4. The molecule has 0 rings (SSSR count). The molecular formula is C6H12FO5P. The minimum Gasteiger partial charge on any atom is -0.463 e. The maximum Gasteiger partial charge on any atom is 0.374 e. The molecule has 0 aliphatic heterocycles. The lowest BCUT2D eigenvalue weighted by molar-refractivity contribution is -0.152. The lowest BCUT2D eigenvalue weighted by Crippen LogP contribution is -2.34. The number of hydrogen-bond donors (Lipinski definition) is 2. The Kier molecular flexibility index (Phi) is 4.03. The summed E-state index contributed by atoms with van der Waals surface area (Å²) in [5.41, 5.74) is 0. The number of rotatable bonds is 4. The molecule has 0 aliphatic rings. The molecule has 7 heteroatoms. The molecule has 0 radical (unpaired) electrons. The SMILES string of the molecule is CCOC(=O)C(F)(CC)P(=O)(O)O. The van der Waals surface area contributed by atoms with Gasteiger partial charge in [0.05, 0.1) is 6.61 Å². The zero-order chi connectivity index (χ0) is 10.7. The molecule has 0 fully saturated rings. The van der Waals surface area contributed by atoms with Crippen molar-refractivity contribution in [3.05, 3.63) is 0 Å². The summed E-state index contributed by atoms with van der Waals surface area (Å²) < 4.78 is 28.2. The first kappa shape index (κ1) is 12.6. The predicted octanol–water partition coefficient (Wildman–Crippen LogP) is 0.803. The first-order valence-corrected chi connectivity index (χ1v) is 5.32. The van der Waals surface area contributed by atoms with Crippen molar-refractivity contribution in [3.8, 4) is 0 Å². The van der Waals surface area contributed by atoms with Gasteiger partial charge < -0.3 is 14.5 Å². The van der Waals surface area contributed by atoms with Gasteiger partial charge in [0, 0.05) is 6.42 Å². The van der Waals surface area contributed by atoms with Gasteiger partial charge in [0.1, 0.15) is 0 Å². The fourth-order valence-electron chi connectivity index (χ4n) is 0.711. The highest BCUT2D eigenvalue weighted by atomic mass is 31.2. The predicted molar refractivity (Wildman–Crippen MR) is 42.8 cm³/mol. The number of hydrogen-bond acceptors (Lipinski definition) is 3. The van der Waals surface area contributed by atoms with E-state index in [0.717, 1.165) is 6.92 Å². The minimum absolute atomic E-state index is 0.121. The first-order chi connectivity index (χ1) is 5.79. The van der Waals surface area contributed by atoms with E-state index in [9.17, 15) is 13.8 Å². The average Bonchev–Trinajstić information content (AvgIpc) is 2.01. The van der Waals surface area contributed by atoms with Gasteiger partial charge in [-0.3, -0.25) is 4.57 Å². The van der Waals surface area contributed by atoms with Crippen molar-refractivity contribution in [1.82, 2.24) is 0 Å². The van der Waals surface area contributed by atoms with Gasteiger partial charge in [0.25, 0.3) is 0 Å². The number of carbonyl (C=O) groups excluding carboxylic acids is 1. The Morgan fingerprint density at radius 1 is 1.54 bits per heavy atom. The number of halogens is 1. The zero-order valence-electron chi connectivity index (χ0n) is 7.36. The summed E-state index contributed by atoms with van der Waals surface area (Å²) in [5.74, 6) is -1.51. The van der Waals surface area contributed by atoms with Gasteiger partial charge in [-0.25, -0.2) is 9.18 Å². The van der Waals surface area contributed by atoms with Gasteiger partial charge in [-0.15, -0.1) is 0 Å². The summed E-state index contributed by atoms with van der Waals surface area (Å²) in [6.45, 7) is 2.47. The maximum absolute atomic E-state index is 13.4. The van der Waals surface area contributed by atoms with Crippen molar-refractivity contribution in [2.45, 2.75) is 25.7 Å². The highest BCUT2D eigenvalue weighted by Gasteiger charge is 2.54. The molecule has 0 aliphatic carbocycles. The van der Waals surface area contributed by atoms with Crippen molar-refractivity contribution in [2.75, 3.05) is 6.61 Å². The third-order valence-corrected chi connectivity index (χ3v) is 2.94. The molecule has 0 aromatic carbocycles. The Morgan fingerprint density at radius 3 is 2.23 bits per heavy atom. The number of ether oxygens (including phenoxy) is 1. The normalized spacial score (nSPS) is 16.4. The lowest BCUT2D eigenvalue weighted by atomic mass is 10.3. The molecule has 1 unspecified atom stereocenters. The third kappa shape index (κ3) is 2.49. The summed E-state index contributed by atoms with van der Waals surface area (Å²) >= 11 is 0. The van der Waals surface area contributed by atoms with E-state index in [1.165, 1.54) is 6.92 Å². The smallest absolute Gasteiger partial charge is 0.374 e. The highest BCUT2D eigenvalue weighted by molar-refractivity contribution is 7.54. The lowest BCUT2D eigenvalue weighted by Gasteiger charge is -2.21. The average molecular weight is 214 g/mol. The van der Waals surface area contributed by atoms with Gasteiger partial charge in [-0.05, 0) is 6.92 Å². The number of esters is 1. The third-order valence-electron chi connectivity index (χ3n) is 1.52. The molecule has 0 spiro atoms. The second kappa shape index (κ2) is 4.17. The van der Waals surface area contributed by atoms with Crippen molar-refractivity contribution >= 4 is 13.6 Å². The van der Waals surface area contributed by atoms with E-state index in [1.807, 2.05) is 0 Å². The molecular weight excluding hydrogens is 202 g/mol. The molecule has 0 heterocycles. The van der Waals surface area contributed by atoms with Crippen LogP contribution in [0.5, 0.6) is 0 Å². The van der Waals surface area contributed by atoms with Gasteiger partial charge in [0.15, 0.2) is 0 Å². The van der Waals surface area contributed by atoms with Gasteiger partial charge >= 0.3 is 19.0 Å². The molecule has 0 amide bonds. The fourth-order valence-corrected chi connectivity index (χ4v) is 1.43. The standard InChI is InChI=1S/C6H12FO5P/c1-3-6(7,13(9,10)11)5(8)12-4-2/h3-4H2,1-2H3,(H2,9,10,11). The summed E-state index contributed by atoms with van der Waals surface area (Å²) in [6.07, 6.45) is -0.615. The quantitative estimate of drug-likeness (QED) is 0.534. The Bertz CT molecular complexity index is 237. The summed E-state index contributed by atoms with van der Waals surface area (Å²) in [4.78, 5) is 28.0. The van der Waals surface area contributed by atoms with Crippen molar-refractivity contribution in [1.29, 1.82) is 0 Å². The zero-order valence-corrected chi connectivity index (χ0v) is 8.25. The Hall–Kier alpha value is -0.450. The number of carbonyl (C=O) groups is 1. The number of alkyl halides is 1. The van der Waals surface area contributed by atoms with Gasteiger partial charge in [-0.2, -0.15) is 0 Å². The Balaban J connectivity index is 4.85. The highest BCUT2D eigenvalue weighted by Crippen LogP contribution is 2.54. The molecule has 0 saturated carbocycles. The molecule has 5 nitrogen and oxygen atoms in total. The first-order valence-electron chi connectivity index (χ1n) is 3.71. The van der Waals surface area contributed by atoms with Crippen LogP contribution in [0.25, 0.3) is 0 Å². The second-order valence-electron chi connectivity index (χ2n) is 2.38. The fraction of sp³-hybridized carbons (Fsp3) is 0.833. The molecule has 78 valence electrons. The van der Waals surface area contributed by atoms with Crippen LogP contribution in [-0.2, 0) is 14.1 Å².